The van der Waals surface area contributed by atoms with Crippen molar-refractivity contribution in [1.82, 2.24) is 5.32 Å². The minimum absolute atomic E-state index is 0.108. The Hall–Kier alpha value is -1.63. The Morgan fingerprint density at radius 1 is 1.33 bits per heavy atom. The fourth-order valence-corrected chi connectivity index (χ4v) is 2.52. The highest BCUT2D eigenvalue weighted by atomic mass is 32.2. The second-order valence-electron chi connectivity index (χ2n) is 4.42. The fraction of sp³-hybridized carbons (Fsp3) is 0.429. The SMILES string of the molecule is CCCC(NC(=O)CCSc1ccc(F)c(F)c1)C(=O)O. The lowest BCUT2D eigenvalue weighted by molar-refractivity contribution is -0.142. The summed E-state index contributed by atoms with van der Waals surface area (Å²) < 4.78 is 25.7. The number of thioether (sulfide) groups is 1. The molecule has 0 bridgehead atoms. The molecule has 1 atom stereocenters. The van der Waals surface area contributed by atoms with Crippen LogP contribution in [0.25, 0.3) is 0 Å². The van der Waals surface area contributed by atoms with Crippen molar-refractivity contribution in [3.63, 3.8) is 0 Å². The molecule has 116 valence electrons. The highest BCUT2D eigenvalue weighted by Gasteiger charge is 2.18. The summed E-state index contributed by atoms with van der Waals surface area (Å²) in [5.74, 6) is -2.92. The number of carbonyl (C=O) groups is 2. The molecule has 1 aromatic rings. The molecule has 2 N–H and O–H groups in total. The van der Waals surface area contributed by atoms with Crippen molar-refractivity contribution in [3.05, 3.63) is 29.8 Å². The van der Waals surface area contributed by atoms with Gasteiger partial charge in [-0.1, -0.05) is 13.3 Å². The van der Waals surface area contributed by atoms with Crippen LogP contribution in [0.4, 0.5) is 8.78 Å². The van der Waals surface area contributed by atoms with Crippen LogP contribution in [0.2, 0.25) is 0 Å². The fourth-order valence-electron chi connectivity index (χ4n) is 1.64. The summed E-state index contributed by atoms with van der Waals surface area (Å²) in [7, 11) is 0. The van der Waals surface area contributed by atoms with Gasteiger partial charge in [-0.05, 0) is 24.6 Å². The number of benzene rings is 1. The van der Waals surface area contributed by atoms with E-state index in [1.54, 1.807) is 0 Å². The molecule has 0 aromatic heterocycles. The number of hydrogen-bond acceptors (Lipinski definition) is 3. The molecule has 1 aromatic carbocycles. The van der Waals surface area contributed by atoms with Crippen molar-refractivity contribution in [2.75, 3.05) is 5.75 Å². The zero-order valence-corrected chi connectivity index (χ0v) is 12.4. The maximum Gasteiger partial charge on any atom is 0.326 e. The van der Waals surface area contributed by atoms with Gasteiger partial charge in [0.1, 0.15) is 6.04 Å². The number of carboxylic acid groups (broad SMARTS) is 1. The van der Waals surface area contributed by atoms with Crippen LogP contribution in [0.1, 0.15) is 26.2 Å². The van der Waals surface area contributed by atoms with Crippen molar-refractivity contribution in [2.45, 2.75) is 37.1 Å². The van der Waals surface area contributed by atoms with E-state index in [0.29, 0.717) is 23.5 Å². The third-order valence-electron chi connectivity index (χ3n) is 2.70. The molecule has 0 spiro atoms. The number of aliphatic carboxylic acids is 1. The highest BCUT2D eigenvalue weighted by molar-refractivity contribution is 7.99. The topological polar surface area (TPSA) is 66.4 Å². The van der Waals surface area contributed by atoms with E-state index in [-0.39, 0.29) is 12.3 Å². The molecule has 4 nitrogen and oxygen atoms in total. The van der Waals surface area contributed by atoms with Crippen LogP contribution in [0, 0.1) is 11.6 Å². The van der Waals surface area contributed by atoms with E-state index in [0.717, 1.165) is 12.1 Å². The minimum atomic E-state index is -1.06. The summed E-state index contributed by atoms with van der Waals surface area (Å²) in [5, 5.41) is 11.4. The van der Waals surface area contributed by atoms with Gasteiger partial charge in [-0.15, -0.1) is 11.8 Å². The molecule has 0 fully saturated rings. The molecule has 0 aliphatic heterocycles. The lowest BCUT2D eigenvalue weighted by Gasteiger charge is -2.13. The van der Waals surface area contributed by atoms with Gasteiger partial charge in [0.25, 0.3) is 0 Å². The number of halogens is 2. The number of rotatable bonds is 8. The van der Waals surface area contributed by atoms with Crippen molar-refractivity contribution in [1.29, 1.82) is 0 Å². The molecule has 0 aliphatic rings. The Balaban J connectivity index is 2.39. The van der Waals surface area contributed by atoms with Gasteiger partial charge < -0.3 is 10.4 Å². The molecule has 7 heteroatoms. The van der Waals surface area contributed by atoms with Crippen LogP contribution in [0.15, 0.2) is 23.1 Å². The van der Waals surface area contributed by atoms with Crippen LogP contribution < -0.4 is 5.32 Å². The largest absolute Gasteiger partial charge is 0.480 e. The van der Waals surface area contributed by atoms with Crippen molar-refractivity contribution < 1.29 is 23.5 Å². The lowest BCUT2D eigenvalue weighted by Crippen LogP contribution is -2.40. The molecular weight excluding hydrogens is 300 g/mol. The third kappa shape index (κ3) is 6.12. The molecule has 0 radical (unpaired) electrons. The zero-order valence-electron chi connectivity index (χ0n) is 11.6. The van der Waals surface area contributed by atoms with E-state index < -0.39 is 23.6 Å². The van der Waals surface area contributed by atoms with Gasteiger partial charge in [0.2, 0.25) is 5.91 Å². The van der Waals surface area contributed by atoms with E-state index in [9.17, 15) is 18.4 Å². The van der Waals surface area contributed by atoms with E-state index in [2.05, 4.69) is 5.32 Å². The predicted octanol–water partition coefficient (Wildman–Crippen LogP) is 2.82. The van der Waals surface area contributed by atoms with E-state index in [1.165, 1.54) is 17.8 Å². The third-order valence-corrected chi connectivity index (χ3v) is 3.70. The molecule has 0 heterocycles. The Labute approximate surface area is 125 Å². The first-order chi connectivity index (χ1) is 9.93. The van der Waals surface area contributed by atoms with Crippen LogP contribution in [-0.4, -0.2) is 28.8 Å². The van der Waals surface area contributed by atoms with E-state index in [4.69, 9.17) is 5.11 Å². The van der Waals surface area contributed by atoms with Crippen molar-refractivity contribution in [3.8, 4) is 0 Å². The molecule has 0 aliphatic carbocycles. The smallest absolute Gasteiger partial charge is 0.326 e. The van der Waals surface area contributed by atoms with Crippen LogP contribution >= 0.6 is 11.8 Å². The molecule has 0 saturated carbocycles. The predicted molar refractivity (Wildman–Crippen MR) is 76.2 cm³/mol. The Morgan fingerprint density at radius 3 is 2.62 bits per heavy atom. The number of amides is 1. The van der Waals surface area contributed by atoms with Crippen LogP contribution in [-0.2, 0) is 9.59 Å². The summed E-state index contributed by atoms with van der Waals surface area (Å²) in [6, 6.07) is 2.64. The van der Waals surface area contributed by atoms with Crippen LogP contribution in [0.5, 0.6) is 0 Å². The Morgan fingerprint density at radius 2 is 2.05 bits per heavy atom. The summed E-state index contributed by atoms with van der Waals surface area (Å²) in [5.41, 5.74) is 0. The molecule has 1 amide bonds. The highest BCUT2D eigenvalue weighted by Crippen LogP contribution is 2.21. The van der Waals surface area contributed by atoms with Gasteiger partial charge in [0, 0.05) is 17.1 Å². The van der Waals surface area contributed by atoms with Crippen LogP contribution in [0.3, 0.4) is 0 Å². The van der Waals surface area contributed by atoms with Crippen molar-refractivity contribution >= 4 is 23.6 Å². The number of carboxylic acids is 1. The minimum Gasteiger partial charge on any atom is -0.480 e. The van der Waals surface area contributed by atoms with E-state index >= 15 is 0 Å². The normalized spacial score (nSPS) is 12.0. The first-order valence-electron chi connectivity index (χ1n) is 6.54. The monoisotopic (exact) mass is 317 g/mol. The van der Waals surface area contributed by atoms with Gasteiger partial charge in [-0.3, -0.25) is 4.79 Å². The lowest BCUT2D eigenvalue weighted by atomic mass is 10.1. The van der Waals surface area contributed by atoms with Crippen molar-refractivity contribution in [2.24, 2.45) is 0 Å². The molecule has 1 rings (SSSR count). The second-order valence-corrected chi connectivity index (χ2v) is 5.59. The van der Waals surface area contributed by atoms with Gasteiger partial charge in [0.15, 0.2) is 11.6 Å². The average Bonchev–Trinajstić information content (AvgIpc) is 2.42. The summed E-state index contributed by atoms with van der Waals surface area (Å²) in [6.07, 6.45) is 1.13. The molecule has 21 heavy (non-hydrogen) atoms. The number of hydrogen-bond donors (Lipinski definition) is 2. The molecule has 1 unspecified atom stereocenters. The maximum absolute atomic E-state index is 13.0. The number of nitrogens with one attached hydrogen (secondary N) is 1. The first-order valence-corrected chi connectivity index (χ1v) is 7.52. The van der Waals surface area contributed by atoms with E-state index in [1.807, 2.05) is 6.92 Å². The second kappa shape index (κ2) is 8.61. The summed E-state index contributed by atoms with van der Waals surface area (Å²) >= 11 is 1.21. The maximum atomic E-state index is 13.0. The quantitative estimate of drug-likeness (QED) is 0.724. The standard InChI is InChI=1S/C14H17F2NO3S/c1-2-3-12(14(19)20)17-13(18)6-7-21-9-4-5-10(15)11(16)8-9/h4-5,8,12H,2-3,6-7H2,1H3,(H,17,18)(H,19,20). The van der Waals surface area contributed by atoms with Gasteiger partial charge >= 0.3 is 5.97 Å². The zero-order chi connectivity index (χ0) is 15.8. The Bertz CT molecular complexity index is 511. The summed E-state index contributed by atoms with van der Waals surface area (Å²) in [6.45, 7) is 1.83. The van der Waals surface area contributed by atoms with Gasteiger partial charge in [0.05, 0.1) is 0 Å². The average molecular weight is 317 g/mol. The van der Waals surface area contributed by atoms with Gasteiger partial charge in [-0.2, -0.15) is 0 Å². The molecular formula is C14H17F2NO3S. The number of carbonyl (C=O) groups excluding carboxylic acids is 1. The Kier molecular flexibility index (Phi) is 7.14. The molecule has 0 saturated heterocycles. The summed E-state index contributed by atoms with van der Waals surface area (Å²) in [4.78, 5) is 23.0. The van der Waals surface area contributed by atoms with Gasteiger partial charge in [-0.25, -0.2) is 13.6 Å². The first kappa shape index (κ1) is 17.4.